The molecule has 0 spiro atoms. The number of fused-ring (bicyclic) bond motifs is 1. The van der Waals surface area contributed by atoms with E-state index in [1.807, 2.05) is 31.2 Å². The van der Waals surface area contributed by atoms with Gasteiger partial charge in [0.05, 0.1) is 18.2 Å². The molecule has 1 N–H and O–H groups in total. The number of rotatable bonds is 11. The fraction of sp³-hybridized carbons (Fsp3) is 0.212. The van der Waals surface area contributed by atoms with Crippen molar-refractivity contribution < 1.29 is 33.6 Å². The highest BCUT2D eigenvalue weighted by Crippen LogP contribution is 2.46. The van der Waals surface area contributed by atoms with Gasteiger partial charge >= 0.3 is 5.91 Å². The lowest BCUT2D eigenvalue weighted by molar-refractivity contribution is -0.132. The SMILES string of the molecule is C=CCOc1ccc(C2C(=C(O)c3ccc4c(c3)OCCO4)C(=O)C(=O)N2c2nnc(SCc3ccc(Cl)cc3)s2)cc1OCC. The van der Waals surface area contributed by atoms with Crippen LogP contribution in [-0.4, -0.2) is 53.4 Å². The molecule has 13 heteroatoms. The Morgan fingerprint density at radius 3 is 2.61 bits per heavy atom. The van der Waals surface area contributed by atoms with E-state index in [0.29, 0.717) is 69.1 Å². The maximum Gasteiger partial charge on any atom is 0.301 e. The molecule has 10 nitrogen and oxygen atoms in total. The highest BCUT2D eigenvalue weighted by atomic mass is 35.5. The first-order valence-electron chi connectivity index (χ1n) is 14.3. The van der Waals surface area contributed by atoms with Crippen molar-refractivity contribution in [1.29, 1.82) is 0 Å². The lowest BCUT2D eigenvalue weighted by atomic mass is 9.95. The lowest BCUT2D eigenvalue weighted by Gasteiger charge is -2.24. The standard InChI is InChI=1S/C33H28ClN3O7S2/c1-3-13-42-23-11-7-20(16-25(23)41-4-2)28-27(29(38)21-8-12-24-26(17-21)44-15-14-43-24)30(39)31(40)37(28)32-35-36-33(46-32)45-18-19-5-9-22(34)10-6-19/h3,5-12,16-17,28,38H,1,4,13-15,18H2,2H3. The van der Waals surface area contributed by atoms with Gasteiger partial charge in [-0.25, -0.2) is 0 Å². The molecule has 2 aliphatic rings. The second kappa shape index (κ2) is 13.9. The van der Waals surface area contributed by atoms with Gasteiger partial charge in [-0.15, -0.1) is 10.2 Å². The van der Waals surface area contributed by atoms with E-state index in [0.717, 1.165) is 5.56 Å². The molecule has 3 aromatic carbocycles. The third kappa shape index (κ3) is 6.41. The van der Waals surface area contributed by atoms with E-state index in [-0.39, 0.29) is 23.1 Å². The molecule has 46 heavy (non-hydrogen) atoms. The number of halogens is 1. The molecule has 1 unspecified atom stereocenters. The molecule has 0 bridgehead atoms. The number of ketones is 1. The van der Waals surface area contributed by atoms with E-state index in [9.17, 15) is 14.7 Å². The maximum atomic E-state index is 13.7. The number of nitrogens with zero attached hydrogens (tertiary/aromatic N) is 3. The molecule has 4 aromatic rings. The molecule has 0 aliphatic carbocycles. The monoisotopic (exact) mass is 677 g/mol. The van der Waals surface area contributed by atoms with Crippen LogP contribution >= 0.6 is 34.7 Å². The van der Waals surface area contributed by atoms with Crippen LogP contribution in [0, 0.1) is 0 Å². The first kappa shape index (κ1) is 31.5. The zero-order valence-electron chi connectivity index (χ0n) is 24.6. The molecular formula is C33H28ClN3O7S2. The number of hydrogen-bond acceptors (Lipinski definition) is 11. The molecule has 236 valence electrons. The zero-order chi connectivity index (χ0) is 32.2. The van der Waals surface area contributed by atoms with Crippen molar-refractivity contribution in [3.63, 3.8) is 0 Å². The minimum atomic E-state index is -1.05. The number of aromatic nitrogens is 2. The van der Waals surface area contributed by atoms with E-state index >= 15 is 0 Å². The Kier molecular flexibility index (Phi) is 9.48. The number of carbonyl (C=O) groups excluding carboxylic acids is 2. The quantitative estimate of drug-likeness (QED) is 0.0451. The van der Waals surface area contributed by atoms with E-state index in [2.05, 4.69) is 16.8 Å². The van der Waals surface area contributed by atoms with Crippen LogP contribution in [0.4, 0.5) is 5.13 Å². The number of ether oxygens (including phenoxy) is 4. The second-order valence-corrected chi connectivity index (χ2v) is 12.6. The molecule has 3 heterocycles. The number of thioether (sulfide) groups is 1. The number of amides is 1. The van der Waals surface area contributed by atoms with Gasteiger partial charge < -0.3 is 24.1 Å². The van der Waals surface area contributed by atoms with E-state index in [4.69, 9.17) is 30.5 Å². The van der Waals surface area contributed by atoms with Crippen LogP contribution in [0.25, 0.3) is 5.76 Å². The topological polar surface area (TPSA) is 120 Å². The highest BCUT2D eigenvalue weighted by molar-refractivity contribution is 8.00. The Balaban J connectivity index is 1.42. The fourth-order valence-corrected chi connectivity index (χ4v) is 6.96. The predicted octanol–water partition coefficient (Wildman–Crippen LogP) is 6.84. The maximum absolute atomic E-state index is 13.7. The number of aliphatic hydroxyl groups is 1. The molecule has 1 aromatic heterocycles. The summed E-state index contributed by atoms with van der Waals surface area (Å²) in [5.41, 5.74) is 1.71. The summed E-state index contributed by atoms with van der Waals surface area (Å²) in [5, 5.41) is 21.1. The van der Waals surface area contributed by atoms with Crippen LogP contribution in [0.3, 0.4) is 0 Å². The fourth-order valence-electron chi connectivity index (χ4n) is 5.01. The smallest absolute Gasteiger partial charge is 0.301 e. The Labute approximate surface area is 278 Å². The largest absolute Gasteiger partial charge is 0.507 e. The Morgan fingerprint density at radius 1 is 1.07 bits per heavy atom. The van der Waals surface area contributed by atoms with Crippen LogP contribution in [0.15, 0.2) is 83.2 Å². The number of benzene rings is 3. The van der Waals surface area contributed by atoms with Gasteiger partial charge in [0.2, 0.25) is 5.13 Å². The molecule has 6 rings (SSSR count). The molecule has 0 radical (unpaired) electrons. The van der Waals surface area contributed by atoms with Crippen LogP contribution in [0.2, 0.25) is 5.02 Å². The van der Waals surface area contributed by atoms with E-state index < -0.39 is 17.7 Å². The van der Waals surface area contributed by atoms with Gasteiger partial charge in [-0.2, -0.15) is 0 Å². The first-order valence-corrected chi connectivity index (χ1v) is 16.5. The van der Waals surface area contributed by atoms with Crippen LogP contribution in [-0.2, 0) is 15.3 Å². The summed E-state index contributed by atoms with van der Waals surface area (Å²) >= 11 is 8.63. The average Bonchev–Trinajstić information content (AvgIpc) is 3.65. The van der Waals surface area contributed by atoms with Crippen molar-refractivity contribution in [3.05, 3.63) is 101 Å². The highest BCUT2D eigenvalue weighted by Gasteiger charge is 2.48. The summed E-state index contributed by atoms with van der Waals surface area (Å²) in [4.78, 5) is 28.8. The van der Waals surface area contributed by atoms with Crippen molar-refractivity contribution in [2.45, 2.75) is 23.1 Å². The molecule has 0 saturated carbocycles. The van der Waals surface area contributed by atoms with Gasteiger partial charge in [0.15, 0.2) is 27.3 Å². The summed E-state index contributed by atoms with van der Waals surface area (Å²) < 4.78 is 23.5. The van der Waals surface area contributed by atoms with Crippen molar-refractivity contribution in [3.8, 4) is 23.0 Å². The molecule has 1 saturated heterocycles. The summed E-state index contributed by atoms with van der Waals surface area (Å²) in [5.74, 6) is 0.335. The summed E-state index contributed by atoms with van der Waals surface area (Å²) in [7, 11) is 0. The van der Waals surface area contributed by atoms with Crippen molar-refractivity contribution in [2.75, 3.05) is 31.3 Å². The van der Waals surface area contributed by atoms with Gasteiger partial charge in [-0.1, -0.05) is 65.6 Å². The van der Waals surface area contributed by atoms with Crippen LogP contribution in [0.1, 0.15) is 29.7 Å². The predicted molar refractivity (Wildman–Crippen MR) is 176 cm³/mol. The Morgan fingerprint density at radius 2 is 1.85 bits per heavy atom. The first-order chi connectivity index (χ1) is 22.4. The normalized spacial score (nSPS) is 16.8. The Hall–Kier alpha value is -4.52. The van der Waals surface area contributed by atoms with Gasteiger partial charge in [0.25, 0.3) is 5.78 Å². The number of aliphatic hydroxyl groups excluding tert-OH is 1. The molecule has 2 aliphatic heterocycles. The van der Waals surface area contributed by atoms with Crippen molar-refractivity contribution >= 4 is 57.3 Å². The van der Waals surface area contributed by atoms with Crippen molar-refractivity contribution in [2.24, 2.45) is 0 Å². The Bertz CT molecular complexity index is 1830. The molecular weight excluding hydrogens is 650 g/mol. The minimum absolute atomic E-state index is 0.116. The van der Waals surface area contributed by atoms with Gasteiger partial charge in [-0.3, -0.25) is 14.5 Å². The van der Waals surface area contributed by atoms with Crippen LogP contribution < -0.4 is 23.8 Å². The minimum Gasteiger partial charge on any atom is -0.507 e. The zero-order valence-corrected chi connectivity index (χ0v) is 27.0. The van der Waals surface area contributed by atoms with Gasteiger partial charge in [0, 0.05) is 16.3 Å². The van der Waals surface area contributed by atoms with Gasteiger partial charge in [-0.05, 0) is 60.5 Å². The van der Waals surface area contributed by atoms with E-state index in [1.165, 1.54) is 28.0 Å². The van der Waals surface area contributed by atoms with Crippen LogP contribution in [0.5, 0.6) is 23.0 Å². The molecule has 1 fully saturated rings. The third-order valence-corrected chi connectivity index (χ3v) is 9.46. The summed E-state index contributed by atoms with van der Waals surface area (Å²) in [6.45, 7) is 6.88. The number of hydrogen-bond donors (Lipinski definition) is 1. The lowest BCUT2D eigenvalue weighted by Crippen LogP contribution is -2.29. The third-order valence-electron chi connectivity index (χ3n) is 7.08. The van der Waals surface area contributed by atoms with Crippen molar-refractivity contribution in [1.82, 2.24) is 10.2 Å². The number of Topliss-reactive ketones (excluding diaryl/α,β-unsaturated/α-hetero) is 1. The molecule has 1 amide bonds. The summed E-state index contributed by atoms with van der Waals surface area (Å²) in [6.07, 6.45) is 1.61. The number of carbonyl (C=O) groups is 2. The number of anilines is 1. The average molecular weight is 678 g/mol. The van der Waals surface area contributed by atoms with Gasteiger partial charge in [0.1, 0.15) is 25.6 Å². The second-order valence-electron chi connectivity index (χ2n) is 10.0. The summed E-state index contributed by atoms with van der Waals surface area (Å²) in [6, 6.07) is 16.4. The van der Waals surface area contributed by atoms with E-state index in [1.54, 1.807) is 42.5 Å². The molecule has 1 atom stereocenters.